The fourth-order valence-electron chi connectivity index (χ4n) is 3.91. The van der Waals surface area contributed by atoms with Crippen LogP contribution in [0, 0.1) is 0 Å². The molecule has 2 fully saturated rings. The van der Waals surface area contributed by atoms with Crippen LogP contribution in [-0.2, 0) is 0 Å². The first-order valence-electron chi connectivity index (χ1n) is 9.56. The van der Waals surface area contributed by atoms with Gasteiger partial charge in [-0.2, -0.15) is 0 Å². The van der Waals surface area contributed by atoms with Gasteiger partial charge in [0.25, 0.3) is 5.91 Å². The van der Waals surface area contributed by atoms with E-state index in [1.54, 1.807) is 23.3 Å². The Hall–Kier alpha value is -2.61. The minimum absolute atomic E-state index is 0.121. The normalized spacial score (nSPS) is 17.0. The number of amides is 1. The van der Waals surface area contributed by atoms with Crippen molar-refractivity contribution in [1.29, 1.82) is 0 Å². The first-order chi connectivity index (χ1) is 14.2. The van der Waals surface area contributed by atoms with Gasteiger partial charge >= 0.3 is 0 Å². The molecule has 7 heteroatoms. The van der Waals surface area contributed by atoms with Crippen LogP contribution in [0.4, 0.5) is 0 Å². The molecule has 0 radical (unpaired) electrons. The van der Waals surface area contributed by atoms with Crippen molar-refractivity contribution in [2.75, 3.05) is 26.2 Å². The van der Waals surface area contributed by atoms with E-state index in [0.29, 0.717) is 0 Å². The summed E-state index contributed by atoms with van der Waals surface area (Å²) in [4.78, 5) is 23.6. The molecule has 2 aromatic heterocycles. The van der Waals surface area contributed by atoms with Gasteiger partial charge in [0, 0.05) is 48.2 Å². The average molecular weight is 419 g/mol. The van der Waals surface area contributed by atoms with E-state index < -0.39 is 0 Å². The molecule has 4 aromatic rings. The number of aromatic nitrogens is 2. The number of nitrogens with zero attached hydrogens (tertiary/aromatic N) is 3. The number of H-pyrrole nitrogens is 1. The molecule has 144 valence electrons. The van der Waals surface area contributed by atoms with E-state index in [4.69, 9.17) is 0 Å². The van der Waals surface area contributed by atoms with Gasteiger partial charge in [-0.1, -0.05) is 18.2 Å². The molecule has 2 saturated heterocycles. The summed E-state index contributed by atoms with van der Waals surface area (Å²) in [6.45, 7) is 3.49. The smallest absolute Gasteiger partial charge is 0.256 e. The third kappa shape index (κ3) is 2.97. The van der Waals surface area contributed by atoms with Crippen LogP contribution in [-0.4, -0.2) is 51.3 Å². The molecule has 0 spiro atoms. The second-order valence-electron chi connectivity index (χ2n) is 7.49. The van der Waals surface area contributed by atoms with E-state index in [1.165, 1.54) is 20.7 Å². The predicted molar refractivity (Wildman–Crippen MR) is 118 cm³/mol. The zero-order chi connectivity index (χ0) is 19.4. The van der Waals surface area contributed by atoms with Gasteiger partial charge in [-0.25, -0.2) is 9.29 Å². The van der Waals surface area contributed by atoms with Crippen LogP contribution in [0.15, 0.2) is 70.2 Å². The number of nitrogens with one attached hydrogen (secondary N) is 1. The van der Waals surface area contributed by atoms with E-state index in [1.807, 2.05) is 40.9 Å². The van der Waals surface area contributed by atoms with Crippen LogP contribution in [0.3, 0.4) is 0 Å². The van der Waals surface area contributed by atoms with Gasteiger partial charge in [0.15, 0.2) is 0 Å². The monoisotopic (exact) mass is 418 g/mol. The van der Waals surface area contributed by atoms with Gasteiger partial charge in [-0.3, -0.25) is 4.79 Å². The summed E-state index contributed by atoms with van der Waals surface area (Å²) < 4.78 is 3.61. The van der Waals surface area contributed by atoms with Gasteiger partial charge in [0.05, 0.1) is 21.3 Å². The summed E-state index contributed by atoms with van der Waals surface area (Å²) in [6.07, 6.45) is 1.83. The number of para-hydroxylation sites is 1. The van der Waals surface area contributed by atoms with E-state index in [9.17, 15) is 4.79 Å². The molecule has 1 N–H and O–H groups in total. The summed E-state index contributed by atoms with van der Waals surface area (Å²) in [7, 11) is 0. The number of fused-ring (bicyclic) bond motifs is 2. The summed E-state index contributed by atoms with van der Waals surface area (Å²) in [5.41, 5.74) is 7.66. The maximum absolute atomic E-state index is 12.8. The van der Waals surface area contributed by atoms with Crippen molar-refractivity contribution in [3.05, 3.63) is 70.9 Å². The minimum atomic E-state index is 0.121. The molecule has 6 rings (SSSR count). The molecule has 5 nitrogen and oxygen atoms in total. The second kappa shape index (κ2) is 6.73. The Morgan fingerprint density at radius 1 is 1.07 bits per heavy atom. The highest BCUT2D eigenvalue weighted by Gasteiger charge is 2.33. The summed E-state index contributed by atoms with van der Waals surface area (Å²) in [5.74, 6) is 0.121. The number of hydrogen-bond acceptors (Lipinski definition) is 5. The topological polar surface area (TPSA) is 52.2 Å². The average Bonchev–Trinajstić information content (AvgIpc) is 3.30. The molecule has 2 aliphatic rings. The maximum Gasteiger partial charge on any atom is 0.256 e. The van der Waals surface area contributed by atoms with Crippen LogP contribution in [0.5, 0.6) is 0 Å². The van der Waals surface area contributed by atoms with Gasteiger partial charge in [0.1, 0.15) is 0 Å². The Labute approximate surface area is 176 Å². The highest BCUT2D eigenvalue weighted by atomic mass is 32.2. The minimum Gasteiger partial charge on any atom is -0.360 e. The van der Waals surface area contributed by atoms with Crippen molar-refractivity contribution in [3.8, 4) is 0 Å². The Morgan fingerprint density at radius 3 is 2.79 bits per heavy atom. The summed E-state index contributed by atoms with van der Waals surface area (Å²) >= 11 is 3.49. The molecule has 0 unspecified atom stereocenters. The standard InChI is InChI=1S/C22H18N4OS2/c27-22(18-8-23-19-4-2-1-3-17(18)19)25-9-14(10-25)15-11-26(12-15)29-16-5-6-20-21(7-16)28-13-24-20/h1-8,13,23H,9-12H2. The molecular weight excluding hydrogens is 400 g/mol. The number of rotatable bonds is 3. The van der Waals surface area contributed by atoms with Crippen molar-refractivity contribution in [3.63, 3.8) is 0 Å². The molecule has 0 bridgehead atoms. The molecule has 2 aliphatic heterocycles. The fraction of sp³-hybridized carbons (Fsp3) is 0.182. The van der Waals surface area contributed by atoms with E-state index in [2.05, 4.69) is 32.5 Å². The van der Waals surface area contributed by atoms with Crippen molar-refractivity contribution in [2.24, 2.45) is 0 Å². The Kier molecular flexibility index (Phi) is 4.00. The molecule has 29 heavy (non-hydrogen) atoms. The van der Waals surface area contributed by atoms with Crippen molar-refractivity contribution in [1.82, 2.24) is 19.2 Å². The van der Waals surface area contributed by atoms with Gasteiger partial charge < -0.3 is 9.88 Å². The molecule has 1 amide bonds. The van der Waals surface area contributed by atoms with Crippen LogP contribution in [0.25, 0.3) is 21.1 Å². The summed E-state index contributed by atoms with van der Waals surface area (Å²) in [5, 5.41) is 1.00. The van der Waals surface area contributed by atoms with E-state index in [-0.39, 0.29) is 5.91 Å². The zero-order valence-corrected chi connectivity index (χ0v) is 17.2. The number of thiazole rings is 1. The highest BCUT2D eigenvalue weighted by molar-refractivity contribution is 7.97. The van der Waals surface area contributed by atoms with Crippen molar-refractivity contribution >= 4 is 50.3 Å². The lowest BCUT2D eigenvalue weighted by Gasteiger charge is -2.41. The maximum atomic E-state index is 12.8. The first kappa shape index (κ1) is 17.3. The first-order valence-corrected chi connectivity index (χ1v) is 11.2. The summed E-state index contributed by atoms with van der Waals surface area (Å²) in [6, 6.07) is 14.4. The highest BCUT2D eigenvalue weighted by Crippen LogP contribution is 2.35. The Bertz CT molecular complexity index is 1270. The third-order valence-electron chi connectivity index (χ3n) is 5.64. The number of carbonyl (C=O) groups excluding carboxylic acids is 1. The number of likely N-dealkylation sites (tertiary alicyclic amines) is 1. The van der Waals surface area contributed by atoms with Crippen molar-refractivity contribution in [2.45, 2.75) is 4.90 Å². The molecular formula is C22H18N4OS2. The van der Waals surface area contributed by atoms with E-state index >= 15 is 0 Å². The molecule has 4 heterocycles. The van der Waals surface area contributed by atoms with Crippen LogP contribution in [0.1, 0.15) is 10.4 Å². The van der Waals surface area contributed by atoms with Crippen LogP contribution in [0.2, 0.25) is 0 Å². The molecule has 0 atom stereocenters. The van der Waals surface area contributed by atoms with E-state index in [0.717, 1.165) is 48.2 Å². The van der Waals surface area contributed by atoms with Gasteiger partial charge in [-0.05, 0) is 47.4 Å². The van der Waals surface area contributed by atoms with Crippen LogP contribution < -0.4 is 0 Å². The number of aromatic amines is 1. The largest absolute Gasteiger partial charge is 0.360 e. The van der Waals surface area contributed by atoms with Gasteiger partial charge in [-0.15, -0.1) is 11.3 Å². The Morgan fingerprint density at radius 2 is 1.90 bits per heavy atom. The van der Waals surface area contributed by atoms with Crippen LogP contribution >= 0.6 is 23.3 Å². The quantitative estimate of drug-likeness (QED) is 0.392. The third-order valence-corrected chi connectivity index (χ3v) is 7.41. The second-order valence-corrected chi connectivity index (χ2v) is 9.54. The lowest BCUT2D eigenvalue weighted by atomic mass is 9.96. The number of benzene rings is 2. The lowest BCUT2D eigenvalue weighted by Crippen LogP contribution is -2.48. The van der Waals surface area contributed by atoms with Gasteiger partial charge in [0.2, 0.25) is 0 Å². The number of hydrogen-bond donors (Lipinski definition) is 1. The molecule has 0 aliphatic carbocycles. The molecule has 2 aromatic carbocycles. The number of carbonyl (C=O) groups is 1. The van der Waals surface area contributed by atoms with Crippen molar-refractivity contribution < 1.29 is 4.79 Å². The SMILES string of the molecule is O=C(c1c[nH]c2ccccc12)N1CC(=C2CN(Sc3ccc4ncsc4c3)C2)C1. The zero-order valence-electron chi connectivity index (χ0n) is 15.6. The Balaban J connectivity index is 1.08. The lowest BCUT2D eigenvalue weighted by molar-refractivity contribution is 0.0725. The fourth-order valence-corrected chi connectivity index (χ4v) is 5.74. The predicted octanol–water partition coefficient (Wildman–Crippen LogP) is 4.55. The molecule has 0 saturated carbocycles.